The van der Waals surface area contributed by atoms with Gasteiger partial charge in [-0.1, -0.05) is 128 Å². The number of amides is 4. The van der Waals surface area contributed by atoms with Gasteiger partial charge in [0, 0.05) is 77.0 Å². The highest BCUT2D eigenvalue weighted by atomic mass is 16.7. The van der Waals surface area contributed by atoms with Crippen molar-refractivity contribution < 1.29 is 76.9 Å². The highest BCUT2D eigenvalue weighted by Crippen LogP contribution is 2.47. The molecule has 20 atom stereocenters. The van der Waals surface area contributed by atoms with Gasteiger partial charge in [-0.2, -0.15) is 0 Å². The lowest BCUT2D eigenvalue weighted by Gasteiger charge is -2.48. The van der Waals surface area contributed by atoms with Gasteiger partial charge >= 0.3 is 6.09 Å². The van der Waals surface area contributed by atoms with Crippen molar-refractivity contribution in [3.63, 3.8) is 0 Å². The van der Waals surface area contributed by atoms with Crippen molar-refractivity contribution in [2.24, 2.45) is 47.3 Å². The Labute approximate surface area is 658 Å². The Kier molecular flexibility index (Phi) is 38.2. The summed E-state index contributed by atoms with van der Waals surface area (Å²) in [6, 6.07) is 16.3. The van der Waals surface area contributed by atoms with Crippen LogP contribution < -0.4 is 21.3 Å². The number of alkyl carbamates (subject to hydrolysis) is 1. The average Bonchev–Trinajstić information content (AvgIpc) is 1.61. The summed E-state index contributed by atoms with van der Waals surface area (Å²) in [7, 11) is 0. The van der Waals surface area contributed by atoms with Crippen molar-refractivity contribution >= 4 is 41.2 Å². The van der Waals surface area contributed by atoms with E-state index in [0.717, 1.165) is 164 Å². The molecule has 2 aromatic carbocycles. The number of aliphatic hydroxyl groups is 2. The van der Waals surface area contributed by atoms with Crippen molar-refractivity contribution in [2.45, 2.75) is 322 Å². The molecule has 2 spiro atoms. The minimum Gasteiger partial charge on any atom is -0.449 e. The maximum atomic E-state index is 12.8. The molecule has 6 fully saturated rings. The molecule has 0 bridgehead atoms. The van der Waals surface area contributed by atoms with Gasteiger partial charge in [0.2, 0.25) is 17.7 Å². The number of rotatable bonds is 36. The Balaban J connectivity index is 0.000000253. The number of hydrogen-bond acceptors (Lipinski definition) is 16. The predicted octanol–water partition coefficient (Wildman–Crippen LogP) is 15.6. The van der Waals surface area contributed by atoms with Gasteiger partial charge < -0.3 is 64.6 Å². The molecule has 20 nitrogen and oxygen atoms in total. The first-order valence-corrected chi connectivity index (χ1v) is 42.0. The van der Waals surface area contributed by atoms with Crippen LogP contribution in [0.1, 0.15) is 260 Å². The molecular weight excluding hydrogens is 1390 g/mol. The Hall–Kier alpha value is -6.23. The third-order valence-corrected chi connectivity index (χ3v) is 24.1. The van der Waals surface area contributed by atoms with Crippen LogP contribution >= 0.6 is 0 Å². The number of fused-ring (bicyclic) bond motifs is 3. The highest BCUT2D eigenvalue weighted by Gasteiger charge is 2.47. The summed E-state index contributed by atoms with van der Waals surface area (Å²) in [5.41, 5.74) is 4.59. The van der Waals surface area contributed by atoms with Gasteiger partial charge in [0.1, 0.15) is 12.4 Å². The van der Waals surface area contributed by atoms with Crippen molar-refractivity contribution in [3.8, 4) is 11.1 Å². The molecule has 0 aromatic heterocycles. The van der Waals surface area contributed by atoms with Crippen LogP contribution in [0.3, 0.4) is 0 Å². The molecule has 110 heavy (non-hydrogen) atoms. The van der Waals surface area contributed by atoms with Gasteiger partial charge in [0.25, 0.3) is 0 Å². The quantitative estimate of drug-likeness (QED) is 0.0210. The zero-order chi connectivity index (χ0) is 79.9. The van der Waals surface area contributed by atoms with E-state index in [0.29, 0.717) is 61.9 Å². The van der Waals surface area contributed by atoms with Crippen LogP contribution in [-0.2, 0) is 61.9 Å². The summed E-state index contributed by atoms with van der Waals surface area (Å²) in [6.07, 6.45) is 31.0. The van der Waals surface area contributed by atoms with Crippen molar-refractivity contribution in [3.05, 3.63) is 109 Å². The molecule has 6 unspecified atom stereocenters. The molecule has 1 aliphatic carbocycles. The number of allylic oxidation sites excluding steroid dienone is 6. The SMILES string of the molecule is C/C=C/C(=O)C[C@@H]1CCC(C)C(CC(C)=O)O1.C=C[C@@H](C)CC[C@@H]1CCC[C@]2(CCC(C)[C@@H](CCCNC(=O)[C@@H](C)[C@@H](O)CNC(=O)CC3O[C@H](CC(=O)/C=C/C)CCC3C)O2)O1.C=C[C@@H](C)CC[C@@H]1CCC[C@]2(CCC(C)[C@@H](CCCNC(=O)[C@@H](C)[C@@H](O)CNC(=O)OCC3c4ccccc4-c4ccccc43)O2)O1. The normalized spacial score (nSPS) is 28.9. The molecule has 9 rings (SSSR count). The number of aliphatic hydroxyl groups excluding tert-OH is 2. The summed E-state index contributed by atoms with van der Waals surface area (Å²) in [5, 5.41) is 32.6. The van der Waals surface area contributed by atoms with E-state index in [2.05, 4.69) is 100 Å². The van der Waals surface area contributed by atoms with E-state index in [-0.39, 0.29) is 122 Å². The fraction of sp³-hybridized carbons (Fsp3) is 0.700. The van der Waals surface area contributed by atoms with Crippen LogP contribution in [0.2, 0.25) is 0 Å². The van der Waals surface area contributed by atoms with Gasteiger partial charge in [-0.3, -0.25) is 28.8 Å². The number of nitrogens with one attached hydrogen (secondary N) is 4. The van der Waals surface area contributed by atoms with E-state index < -0.39 is 41.7 Å². The maximum absolute atomic E-state index is 12.8. The monoisotopic (exact) mass is 1530 g/mol. The van der Waals surface area contributed by atoms with Crippen LogP contribution in [0, 0.1) is 47.3 Å². The van der Waals surface area contributed by atoms with Gasteiger partial charge in [0.15, 0.2) is 23.1 Å². The Morgan fingerprint density at radius 3 is 1.38 bits per heavy atom. The molecular formula is C90H138N4O16. The maximum Gasteiger partial charge on any atom is 0.407 e. The van der Waals surface area contributed by atoms with E-state index in [9.17, 15) is 43.8 Å². The summed E-state index contributed by atoms with van der Waals surface area (Å²) < 4.78 is 44.0. The van der Waals surface area contributed by atoms with Crippen LogP contribution in [0.5, 0.6) is 0 Å². The van der Waals surface area contributed by atoms with E-state index in [1.54, 1.807) is 45.1 Å². The minimum absolute atomic E-state index is 0.00958. The second-order valence-electron chi connectivity index (χ2n) is 33.3. The number of carbonyl (C=O) groups excluding carboxylic acids is 7. The van der Waals surface area contributed by atoms with Crippen molar-refractivity contribution in [1.82, 2.24) is 21.3 Å². The second kappa shape index (κ2) is 46.2. The first-order valence-electron chi connectivity index (χ1n) is 42.0. The number of ketones is 3. The van der Waals surface area contributed by atoms with Gasteiger partial charge in [-0.05, 0) is 206 Å². The standard InChI is InChI=1S/C39H54N2O6.C37H62N2O7.C14H22O3/c1-5-26(2)18-19-29-12-10-21-39(46-29)22-20-27(3)36(47-39)17-11-23-40-37(43)28(4)35(42)24-41-38(44)45-25-34-32-15-8-6-13-30(32)31-14-7-9-16-33(31)34;1-7-11-29(40)22-31-17-15-26(4)34(44-31)23-35(42)39-24-32(41)28(6)36(43)38-21-10-13-33-27(5)18-20-37(46-33)19-9-12-30(45-37)16-14-25(3)8-2;1-4-5-12(16)9-13-7-6-10(2)14(17-13)8-11(3)15/h5-9,13-16,26-29,34-36,42H,1,10-12,17-25H2,2-4H3,(H,40,43)(H,41,44);7-8,11,25-28,30-34,41H,2,9-10,12-24H2,1,3-6H3,(H,38,43)(H,39,42);4-5,10,13-14H,6-9H2,1-3H3/b;11-7+;5-4+/t26-,27?,28+,29+,35+,36-,39+;25-,26?,27?,28+,30+,31+,32+,33-,34?,37+;10?,13-,14?/m110/s1. The van der Waals surface area contributed by atoms with Gasteiger partial charge in [-0.15, -0.1) is 13.2 Å². The largest absolute Gasteiger partial charge is 0.449 e. The lowest BCUT2D eigenvalue weighted by atomic mass is 9.85. The Bertz CT molecular complexity index is 3260. The Morgan fingerprint density at radius 2 is 0.945 bits per heavy atom. The van der Waals surface area contributed by atoms with Crippen LogP contribution in [0.4, 0.5) is 4.79 Å². The zero-order valence-electron chi connectivity index (χ0n) is 68.5. The van der Waals surface area contributed by atoms with Crippen LogP contribution in [0.25, 0.3) is 11.1 Å². The van der Waals surface area contributed by atoms with E-state index in [1.165, 1.54) is 0 Å². The molecule has 20 heteroatoms. The number of benzene rings is 2. The number of hydrogen-bond donors (Lipinski definition) is 6. The van der Waals surface area contributed by atoms with Crippen LogP contribution in [-0.4, -0.2) is 157 Å². The zero-order valence-corrected chi connectivity index (χ0v) is 68.5. The highest BCUT2D eigenvalue weighted by molar-refractivity contribution is 5.90. The predicted molar refractivity (Wildman–Crippen MR) is 430 cm³/mol. The summed E-state index contributed by atoms with van der Waals surface area (Å²) in [5.74, 6) is -0.308. The second-order valence-corrected chi connectivity index (χ2v) is 33.3. The van der Waals surface area contributed by atoms with Crippen molar-refractivity contribution in [1.29, 1.82) is 0 Å². The lowest BCUT2D eigenvalue weighted by molar-refractivity contribution is -0.324. The molecule has 2 aromatic rings. The summed E-state index contributed by atoms with van der Waals surface area (Å²) in [4.78, 5) is 85.4. The van der Waals surface area contributed by atoms with Crippen LogP contribution in [0.15, 0.2) is 98.1 Å². The average molecular weight is 1530 g/mol. The van der Waals surface area contributed by atoms with E-state index in [1.807, 2.05) is 50.3 Å². The fourth-order valence-corrected chi connectivity index (χ4v) is 16.6. The van der Waals surface area contributed by atoms with Gasteiger partial charge in [-0.25, -0.2) is 4.79 Å². The topological polar surface area (TPSA) is 273 Å². The molecule has 4 amide bonds. The molecule has 0 radical (unpaired) electrons. The van der Waals surface area contributed by atoms with E-state index in [4.69, 9.17) is 33.2 Å². The third kappa shape index (κ3) is 29.0. The third-order valence-electron chi connectivity index (χ3n) is 24.1. The van der Waals surface area contributed by atoms with E-state index >= 15 is 0 Å². The molecule has 6 heterocycles. The lowest BCUT2D eigenvalue weighted by Crippen LogP contribution is -2.50. The van der Waals surface area contributed by atoms with Crippen molar-refractivity contribution in [2.75, 3.05) is 32.8 Å². The number of carbonyl (C=O) groups is 7. The molecule has 6 N–H and O–H groups in total. The smallest absolute Gasteiger partial charge is 0.407 e. The molecule has 614 valence electrons. The minimum atomic E-state index is -1.04. The molecule has 0 saturated carbocycles. The molecule has 7 aliphatic rings. The first-order chi connectivity index (χ1) is 52.7. The number of Topliss-reactive ketones (excluding diaryl/α,β-unsaturated/α-hetero) is 1. The fourth-order valence-electron chi connectivity index (χ4n) is 16.6. The first kappa shape index (κ1) is 91.0. The Morgan fingerprint density at radius 1 is 0.518 bits per heavy atom. The summed E-state index contributed by atoms with van der Waals surface area (Å²) >= 11 is 0. The van der Waals surface area contributed by atoms with Gasteiger partial charge in [0.05, 0.1) is 79.3 Å². The molecule has 6 saturated heterocycles. The number of ether oxygens (including phenoxy) is 7. The molecule has 6 aliphatic heterocycles. The summed E-state index contributed by atoms with van der Waals surface area (Å²) in [6.45, 7) is 30.5.